The van der Waals surface area contributed by atoms with Gasteiger partial charge in [0.25, 0.3) is 0 Å². The highest BCUT2D eigenvalue weighted by atomic mass is 32.2. The van der Waals surface area contributed by atoms with Crippen LogP contribution in [0.15, 0.2) is 51.8 Å². The number of halogens is 3. The summed E-state index contributed by atoms with van der Waals surface area (Å²) in [5.41, 5.74) is 5.48. The molecule has 4 rings (SSSR count). The van der Waals surface area contributed by atoms with Crippen molar-refractivity contribution in [2.24, 2.45) is 11.7 Å². The van der Waals surface area contributed by atoms with Crippen LogP contribution in [0.4, 0.5) is 13.2 Å². The van der Waals surface area contributed by atoms with E-state index in [-0.39, 0.29) is 17.4 Å². The van der Waals surface area contributed by atoms with Gasteiger partial charge in [0.1, 0.15) is 5.52 Å². The van der Waals surface area contributed by atoms with E-state index in [0.717, 1.165) is 37.8 Å². The lowest BCUT2D eigenvalue weighted by atomic mass is 9.76. The Morgan fingerprint density at radius 1 is 1.15 bits per heavy atom. The van der Waals surface area contributed by atoms with Gasteiger partial charge in [-0.3, -0.25) is 4.79 Å². The van der Waals surface area contributed by atoms with Crippen LogP contribution in [0.3, 0.4) is 0 Å². The van der Waals surface area contributed by atoms with E-state index < -0.39 is 44.2 Å². The van der Waals surface area contributed by atoms with Crippen LogP contribution in [0.25, 0.3) is 11.1 Å². The monoisotopic (exact) mass is 480 g/mol. The zero-order valence-corrected chi connectivity index (χ0v) is 18.6. The van der Waals surface area contributed by atoms with Gasteiger partial charge in [0, 0.05) is 6.26 Å². The third-order valence-corrected chi connectivity index (χ3v) is 7.39. The van der Waals surface area contributed by atoms with Crippen molar-refractivity contribution >= 4 is 26.8 Å². The Kier molecular flexibility index (Phi) is 5.98. The number of sulfone groups is 1. The van der Waals surface area contributed by atoms with Gasteiger partial charge >= 0.3 is 6.18 Å². The third kappa shape index (κ3) is 4.62. The molecule has 1 aromatic heterocycles. The third-order valence-electron chi connectivity index (χ3n) is 6.24. The van der Waals surface area contributed by atoms with Gasteiger partial charge in [0.2, 0.25) is 5.91 Å². The molecule has 0 bridgehead atoms. The number of oxazole rings is 1. The number of carbonyl (C=O) groups is 1. The largest absolute Gasteiger partial charge is 0.440 e. The molecule has 2 N–H and O–H groups in total. The number of aromatic nitrogens is 1. The van der Waals surface area contributed by atoms with E-state index in [1.165, 1.54) is 6.07 Å². The number of primary amides is 1. The molecule has 1 heterocycles. The lowest BCUT2D eigenvalue weighted by Crippen LogP contribution is -2.31. The molecule has 1 amide bonds. The highest BCUT2D eigenvalue weighted by Gasteiger charge is 2.42. The molecule has 1 saturated carbocycles. The normalized spacial score (nSPS) is 17.3. The Labute approximate surface area is 188 Å². The zero-order valence-electron chi connectivity index (χ0n) is 17.8. The van der Waals surface area contributed by atoms with Crippen LogP contribution in [0.2, 0.25) is 0 Å². The van der Waals surface area contributed by atoms with E-state index in [1.54, 1.807) is 24.3 Å². The topological polar surface area (TPSA) is 103 Å². The average Bonchev–Trinajstić information content (AvgIpc) is 3.39. The number of benzene rings is 2. The first-order valence-corrected chi connectivity index (χ1v) is 12.4. The van der Waals surface area contributed by atoms with Gasteiger partial charge in [-0.1, -0.05) is 31.0 Å². The van der Waals surface area contributed by atoms with Crippen LogP contribution < -0.4 is 5.73 Å². The summed E-state index contributed by atoms with van der Waals surface area (Å²) in [7, 11) is -4.15. The fraction of sp³-hybridized carbons (Fsp3) is 0.391. The summed E-state index contributed by atoms with van der Waals surface area (Å²) >= 11 is 0. The number of hydrogen-bond donors (Lipinski definition) is 1. The Morgan fingerprint density at radius 3 is 2.39 bits per heavy atom. The Hall–Kier alpha value is -2.88. The fourth-order valence-corrected chi connectivity index (χ4v) is 5.69. The molecule has 1 aliphatic carbocycles. The molecule has 1 aliphatic rings. The lowest BCUT2D eigenvalue weighted by Gasteiger charge is -2.28. The molecule has 2 unspecified atom stereocenters. The average molecular weight is 481 g/mol. The maximum Gasteiger partial charge on any atom is 0.417 e. The van der Waals surface area contributed by atoms with Gasteiger partial charge in [-0.2, -0.15) is 13.2 Å². The molecule has 1 fully saturated rings. The summed E-state index contributed by atoms with van der Waals surface area (Å²) < 4.78 is 71.2. The molecule has 3 aromatic rings. The van der Waals surface area contributed by atoms with Crippen molar-refractivity contribution in [3.8, 4) is 0 Å². The molecular formula is C23H23F3N2O4S. The number of nitrogens with zero attached hydrogens (tertiary/aromatic N) is 1. The maximum atomic E-state index is 13.8. The first kappa shape index (κ1) is 23.3. The highest BCUT2D eigenvalue weighted by Crippen LogP contribution is 2.47. The van der Waals surface area contributed by atoms with Crippen LogP contribution in [0.1, 0.15) is 54.5 Å². The summed E-state index contributed by atoms with van der Waals surface area (Å²) in [6.07, 6.45) is -0.900. The number of amides is 1. The minimum Gasteiger partial charge on any atom is -0.440 e. The van der Waals surface area contributed by atoms with Crippen LogP contribution in [0.5, 0.6) is 0 Å². The Morgan fingerprint density at radius 2 is 1.82 bits per heavy atom. The van der Waals surface area contributed by atoms with E-state index in [4.69, 9.17) is 10.2 Å². The molecule has 0 spiro atoms. The zero-order chi connectivity index (χ0) is 24.0. The maximum absolute atomic E-state index is 13.8. The number of nitrogens with two attached hydrogens (primary N) is 1. The summed E-state index contributed by atoms with van der Waals surface area (Å²) in [6.45, 7) is 0. The molecule has 33 heavy (non-hydrogen) atoms. The molecule has 176 valence electrons. The molecular weight excluding hydrogens is 457 g/mol. The second-order valence-corrected chi connectivity index (χ2v) is 10.5. The van der Waals surface area contributed by atoms with Gasteiger partial charge < -0.3 is 10.2 Å². The Balaban J connectivity index is 1.90. The molecule has 2 atom stereocenters. The van der Waals surface area contributed by atoms with Crippen molar-refractivity contribution in [3.63, 3.8) is 0 Å². The van der Waals surface area contributed by atoms with Crippen LogP contribution in [0, 0.1) is 5.92 Å². The van der Waals surface area contributed by atoms with E-state index in [1.807, 2.05) is 0 Å². The first-order chi connectivity index (χ1) is 15.5. The first-order valence-electron chi connectivity index (χ1n) is 10.5. The molecule has 6 nitrogen and oxygen atoms in total. The number of alkyl halides is 3. The summed E-state index contributed by atoms with van der Waals surface area (Å²) in [4.78, 5) is 16.4. The smallest absolute Gasteiger partial charge is 0.417 e. The molecule has 2 aromatic carbocycles. The second kappa shape index (κ2) is 8.48. The predicted octanol–water partition coefficient (Wildman–Crippen LogP) is 4.79. The standard InChI is InChI=1S/C23H23F3N2O4S/c1-33(30,31)18-11-10-14(12-15(18)23(24,25)26)19(21(27)29)20(13-6-2-3-7-13)22-28-16-8-4-5-9-17(16)32-22/h4-5,8-13,19-20H,2-3,6-7H2,1H3,(H2,27,29). The minimum absolute atomic E-state index is 0.0126. The van der Waals surface area contributed by atoms with E-state index in [2.05, 4.69) is 4.98 Å². The molecule has 10 heteroatoms. The summed E-state index contributed by atoms with van der Waals surface area (Å²) in [5, 5.41) is 0. The van der Waals surface area contributed by atoms with Crippen molar-refractivity contribution in [1.82, 2.24) is 4.98 Å². The number of hydrogen-bond acceptors (Lipinski definition) is 5. The molecule has 0 saturated heterocycles. The fourth-order valence-electron chi connectivity index (χ4n) is 4.80. The quantitative estimate of drug-likeness (QED) is 0.546. The highest BCUT2D eigenvalue weighted by molar-refractivity contribution is 7.90. The molecule has 0 aliphatic heterocycles. The number of rotatable bonds is 6. The van der Waals surface area contributed by atoms with Gasteiger partial charge in [-0.15, -0.1) is 0 Å². The summed E-state index contributed by atoms with van der Waals surface area (Å²) in [6, 6.07) is 9.86. The number of carbonyl (C=O) groups excluding carboxylic acids is 1. The van der Waals surface area contributed by atoms with Crippen molar-refractivity contribution < 1.29 is 30.8 Å². The second-order valence-electron chi connectivity index (χ2n) is 8.50. The van der Waals surface area contributed by atoms with Crippen molar-refractivity contribution in [2.75, 3.05) is 6.26 Å². The predicted molar refractivity (Wildman–Crippen MR) is 115 cm³/mol. The van der Waals surface area contributed by atoms with Gasteiger partial charge in [0.15, 0.2) is 21.3 Å². The van der Waals surface area contributed by atoms with Crippen LogP contribution in [-0.4, -0.2) is 25.6 Å². The van der Waals surface area contributed by atoms with Crippen LogP contribution in [-0.2, 0) is 20.8 Å². The van der Waals surface area contributed by atoms with Crippen molar-refractivity contribution in [2.45, 2.75) is 48.6 Å². The van der Waals surface area contributed by atoms with Gasteiger partial charge in [0.05, 0.1) is 22.3 Å². The number of para-hydroxylation sites is 2. The van der Waals surface area contributed by atoms with E-state index in [0.29, 0.717) is 17.4 Å². The molecule has 0 radical (unpaired) electrons. The Bertz CT molecular complexity index is 1260. The van der Waals surface area contributed by atoms with Gasteiger partial charge in [-0.25, -0.2) is 13.4 Å². The minimum atomic E-state index is -4.93. The SMILES string of the molecule is CS(=O)(=O)c1ccc(C(C(N)=O)C(c2nc3ccccc3o2)C2CCCC2)cc1C(F)(F)F. The van der Waals surface area contributed by atoms with Crippen molar-refractivity contribution in [3.05, 3.63) is 59.5 Å². The lowest BCUT2D eigenvalue weighted by molar-refractivity contribution is -0.140. The van der Waals surface area contributed by atoms with Crippen molar-refractivity contribution in [1.29, 1.82) is 0 Å². The number of fused-ring (bicyclic) bond motifs is 1. The van der Waals surface area contributed by atoms with Crippen LogP contribution >= 0.6 is 0 Å². The van der Waals surface area contributed by atoms with E-state index >= 15 is 0 Å². The van der Waals surface area contributed by atoms with E-state index in [9.17, 15) is 26.4 Å². The summed E-state index contributed by atoms with van der Waals surface area (Å²) in [5.74, 6) is -2.50. The van der Waals surface area contributed by atoms with Gasteiger partial charge in [-0.05, 0) is 48.6 Å².